The minimum absolute atomic E-state index is 0.450. The Morgan fingerprint density at radius 3 is 2.68 bits per heavy atom. The SMILES string of the molecule is Nc1cc(Br)cc2nc(-c3cc(Br)ccc3Cl)oc12. The number of nitrogens with zero attached hydrogens (tertiary/aromatic N) is 1. The molecule has 2 N–H and O–H groups in total. The third-order valence-electron chi connectivity index (χ3n) is 2.64. The molecule has 0 unspecified atom stereocenters. The molecule has 96 valence electrons. The Morgan fingerprint density at radius 2 is 1.89 bits per heavy atom. The van der Waals surface area contributed by atoms with Crippen LogP contribution in [0.3, 0.4) is 0 Å². The van der Waals surface area contributed by atoms with Gasteiger partial charge in [-0.05, 0) is 30.3 Å². The maximum atomic E-state index is 6.17. The van der Waals surface area contributed by atoms with E-state index in [4.69, 9.17) is 21.8 Å². The average molecular weight is 402 g/mol. The summed E-state index contributed by atoms with van der Waals surface area (Å²) in [5.41, 5.74) is 8.43. The van der Waals surface area contributed by atoms with E-state index in [-0.39, 0.29) is 0 Å². The van der Waals surface area contributed by atoms with Crippen LogP contribution < -0.4 is 5.73 Å². The van der Waals surface area contributed by atoms with Crippen LogP contribution in [0.15, 0.2) is 43.7 Å². The Bertz CT molecular complexity index is 786. The van der Waals surface area contributed by atoms with Crippen LogP contribution in [0.1, 0.15) is 0 Å². The van der Waals surface area contributed by atoms with Gasteiger partial charge in [-0.15, -0.1) is 0 Å². The summed E-state index contributed by atoms with van der Waals surface area (Å²) in [7, 11) is 0. The van der Waals surface area contributed by atoms with Crippen LogP contribution in [0.4, 0.5) is 5.69 Å². The Balaban J connectivity index is 2.26. The van der Waals surface area contributed by atoms with Gasteiger partial charge in [-0.2, -0.15) is 0 Å². The van der Waals surface area contributed by atoms with E-state index in [1.54, 1.807) is 12.1 Å². The van der Waals surface area contributed by atoms with E-state index < -0.39 is 0 Å². The van der Waals surface area contributed by atoms with Crippen molar-refractivity contribution in [2.75, 3.05) is 5.73 Å². The van der Waals surface area contributed by atoms with Gasteiger partial charge in [-0.1, -0.05) is 43.5 Å². The van der Waals surface area contributed by atoms with Gasteiger partial charge in [0.2, 0.25) is 5.89 Å². The first-order valence-corrected chi connectivity index (χ1v) is 7.32. The number of fused-ring (bicyclic) bond motifs is 1. The van der Waals surface area contributed by atoms with Gasteiger partial charge in [0.25, 0.3) is 0 Å². The molecule has 6 heteroatoms. The molecule has 0 amide bonds. The van der Waals surface area contributed by atoms with Gasteiger partial charge in [0.15, 0.2) is 5.58 Å². The molecule has 0 aliphatic rings. The Hall–Kier alpha value is -1.04. The fraction of sp³-hybridized carbons (Fsp3) is 0. The van der Waals surface area contributed by atoms with Crippen molar-refractivity contribution >= 4 is 60.2 Å². The van der Waals surface area contributed by atoms with Crippen LogP contribution in [0.25, 0.3) is 22.6 Å². The highest BCUT2D eigenvalue weighted by molar-refractivity contribution is 9.10. The number of halogens is 3. The second-order valence-electron chi connectivity index (χ2n) is 3.99. The molecule has 3 rings (SSSR count). The predicted molar refractivity (Wildman–Crippen MR) is 84.3 cm³/mol. The number of hydrogen-bond donors (Lipinski definition) is 1. The van der Waals surface area contributed by atoms with Crippen molar-refractivity contribution < 1.29 is 4.42 Å². The van der Waals surface area contributed by atoms with Crippen LogP contribution in [-0.2, 0) is 0 Å². The number of nitrogen functional groups attached to an aromatic ring is 1. The lowest BCUT2D eigenvalue weighted by molar-refractivity contribution is 0.621. The van der Waals surface area contributed by atoms with Crippen LogP contribution >= 0.6 is 43.5 Å². The van der Waals surface area contributed by atoms with Crippen molar-refractivity contribution in [3.8, 4) is 11.5 Å². The zero-order chi connectivity index (χ0) is 13.6. The summed E-state index contributed by atoms with van der Waals surface area (Å²) in [6.07, 6.45) is 0. The van der Waals surface area contributed by atoms with Gasteiger partial charge >= 0.3 is 0 Å². The Labute approximate surface area is 131 Å². The lowest BCUT2D eigenvalue weighted by Gasteiger charge is -1.99. The summed E-state index contributed by atoms with van der Waals surface area (Å²) in [5, 5.41) is 0.576. The van der Waals surface area contributed by atoms with Gasteiger partial charge in [0.05, 0.1) is 16.3 Å². The molecule has 1 aromatic heterocycles. The largest absolute Gasteiger partial charge is 0.434 e. The number of aromatic nitrogens is 1. The Kier molecular flexibility index (Phi) is 3.28. The summed E-state index contributed by atoms with van der Waals surface area (Å²) in [6, 6.07) is 9.14. The summed E-state index contributed by atoms with van der Waals surface area (Å²) in [4.78, 5) is 4.42. The third-order valence-corrected chi connectivity index (χ3v) is 3.92. The van der Waals surface area contributed by atoms with E-state index in [0.717, 1.165) is 14.5 Å². The normalized spacial score (nSPS) is 11.1. The zero-order valence-electron chi connectivity index (χ0n) is 9.45. The van der Waals surface area contributed by atoms with Crippen molar-refractivity contribution in [2.45, 2.75) is 0 Å². The third kappa shape index (κ3) is 2.38. The highest BCUT2D eigenvalue weighted by Crippen LogP contribution is 2.34. The molecule has 0 radical (unpaired) electrons. The highest BCUT2D eigenvalue weighted by Gasteiger charge is 2.14. The second kappa shape index (κ2) is 4.81. The van der Waals surface area contributed by atoms with Crippen molar-refractivity contribution in [2.24, 2.45) is 0 Å². The number of nitrogens with two attached hydrogens (primary N) is 1. The maximum Gasteiger partial charge on any atom is 0.228 e. The molecule has 3 aromatic rings. The minimum Gasteiger partial charge on any atom is -0.434 e. The second-order valence-corrected chi connectivity index (χ2v) is 6.23. The maximum absolute atomic E-state index is 6.17. The fourth-order valence-electron chi connectivity index (χ4n) is 1.80. The minimum atomic E-state index is 0.450. The number of oxazole rings is 1. The Morgan fingerprint density at radius 1 is 1.11 bits per heavy atom. The summed E-state index contributed by atoms with van der Waals surface area (Å²) < 4.78 is 7.48. The topological polar surface area (TPSA) is 52.0 Å². The van der Waals surface area contributed by atoms with Crippen molar-refractivity contribution in [3.05, 3.63) is 44.3 Å². The number of rotatable bonds is 1. The van der Waals surface area contributed by atoms with E-state index in [0.29, 0.717) is 27.7 Å². The molecule has 0 aliphatic heterocycles. The molecule has 0 saturated carbocycles. The molecule has 0 atom stereocenters. The van der Waals surface area contributed by atoms with Crippen molar-refractivity contribution in [1.29, 1.82) is 0 Å². The quantitative estimate of drug-likeness (QED) is 0.565. The van der Waals surface area contributed by atoms with E-state index in [9.17, 15) is 0 Å². The molecule has 1 heterocycles. The van der Waals surface area contributed by atoms with Crippen LogP contribution in [0.2, 0.25) is 5.02 Å². The lowest BCUT2D eigenvalue weighted by atomic mass is 10.2. The first-order valence-electron chi connectivity index (χ1n) is 5.35. The number of benzene rings is 2. The first-order chi connectivity index (χ1) is 9.04. The van der Waals surface area contributed by atoms with Crippen LogP contribution in [0.5, 0.6) is 0 Å². The molecular formula is C13H7Br2ClN2O. The first kappa shape index (κ1) is 13.0. The smallest absolute Gasteiger partial charge is 0.228 e. The standard InChI is InChI=1S/C13H7Br2ClN2O/c14-6-1-2-9(16)8(3-6)13-18-11-5-7(15)4-10(17)12(11)19-13/h1-5H,17H2. The molecule has 0 aliphatic carbocycles. The monoisotopic (exact) mass is 400 g/mol. The van der Waals surface area contributed by atoms with Gasteiger partial charge in [0.1, 0.15) is 5.52 Å². The molecule has 0 saturated heterocycles. The van der Waals surface area contributed by atoms with Crippen molar-refractivity contribution in [1.82, 2.24) is 4.98 Å². The van der Waals surface area contributed by atoms with Gasteiger partial charge in [-0.3, -0.25) is 0 Å². The van der Waals surface area contributed by atoms with Crippen LogP contribution in [-0.4, -0.2) is 4.98 Å². The zero-order valence-corrected chi connectivity index (χ0v) is 13.4. The van der Waals surface area contributed by atoms with E-state index in [2.05, 4.69) is 36.8 Å². The van der Waals surface area contributed by atoms with E-state index in [1.165, 1.54) is 0 Å². The van der Waals surface area contributed by atoms with Crippen LogP contribution in [0, 0.1) is 0 Å². The molecule has 2 aromatic carbocycles. The molecule has 0 spiro atoms. The van der Waals surface area contributed by atoms with E-state index in [1.807, 2.05) is 18.2 Å². The van der Waals surface area contributed by atoms with Gasteiger partial charge < -0.3 is 10.2 Å². The van der Waals surface area contributed by atoms with Gasteiger partial charge in [0, 0.05) is 8.95 Å². The number of hydrogen-bond acceptors (Lipinski definition) is 3. The molecule has 3 nitrogen and oxygen atoms in total. The fourth-order valence-corrected chi connectivity index (χ4v) is 2.82. The highest BCUT2D eigenvalue weighted by atomic mass is 79.9. The lowest BCUT2D eigenvalue weighted by Crippen LogP contribution is -1.84. The summed E-state index contributed by atoms with van der Waals surface area (Å²) >= 11 is 13.0. The average Bonchev–Trinajstić information content (AvgIpc) is 2.76. The summed E-state index contributed by atoms with van der Waals surface area (Å²) in [5.74, 6) is 0.450. The molecule has 0 bridgehead atoms. The summed E-state index contributed by atoms with van der Waals surface area (Å²) in [6.45, 7) is 0. The molecule has 19 heavy (non-hydrogen) atoms. The van der Waals surface area contributed by atoms with Crippen molar-refractivity contribution in [3.63, 3.8) is 0 Å². The number of anilines is 1. The van der Waals surface area contributed by atoms with E-state index >= 15 is 0 Å². The molecule has 0 fully saturated rings. The molecular weight excluding hydrogens is 395 g/mol. The van der Waals surface area contributed by atoms with Gasteiger partial charge in [-0.25, -0.2) is 4.98 Å². The predicted octanol–water partition coefficient (Wildman–Crippen LogP) is 5.26.